The highest BCUT2D eigenvalue weighted by Crippen LogP contribution is 2.36. The fourth-order valence-electron chi connectivity index (χ4n) is 0.241. The molecule has 0 aromatic carbocycles. The van der Waals surface area contributed by atoms with E-state index in [-0.39, 0.29) is 0 Å². The molecule has 0 bridgehead atoms. The average Bonchev–Trinajstić information content (AvgIpc) is 1.82. The van der Waals surface area contributed by atoms with E-state index >= 15 is 0 Å². The van der Waals surface area contributed by atoms with Gasteiger partial charge in [0.25, 0.3) is 9.70 Å². The normalized spacial score (nSPS) is 12.4. The molecule has 6 nitrogen and oxygen atoms in total. The third-order valence-electron chi connectivity index (χ3n) is 0.742. The Balaban J connectivity index is 4.43. The quantitative estimate of drug-likeness (QED) is 0.482. The van der Waals surface area contributed by atoms with Crippen LogP contribution in [0.25, 0.3) is 0 Å². The molecule has 2 amide bonds. The van der Waals surface area contributed by atoms with Gasteiger partial charge in [0.2, 0.25) is 0 Å². The smallest absolute Gasteiger partial charge is 0.318 e. The van der Waals surface area contributed by atoms with E-state index in [1.807, 2.05) is 0 Å². The Morgan fingerprint density at radius 2 is 1.62 bits per heavy atom. The summed E-state index contributed by atoms with van der Waals surface area (Å²) < 4.78 is 7.75. The van der Waals surface area contributed by atoms with Crippen molar-refractivity contribution >= 4 is 54.0 Å². The lowest BCUT2D eigenvalue weighted by Gasteiger charge is -2.10. The van der Waals surface area contributed by atoms with Gasteiger partial charge in [-0.3, -0.25) is 14.9 Å². The predicted molar refractivity (Wildman–Crippen MR) is 45.9 cm³/mol. The van der Waals surface area contributed by atoms with E-state index in [0.29, 0.717) is 0 Å². The third kappa shape index (κ3) is 4.81. The number of hydrogen-bond donors (Lipinski definition) is 3. The molecule has 0 aromatic heterocycles. The standard InChI is InChI=1S/C3H3Cl3NO5P/c4-3(5,6)1(8)7-2(9)13(10,11)12/h(H,7,8,9)(H2,10,11,12). The highest BCUT2D eigenvalue weighted by atomic mass is 35.6. The fraction of sp³-hybridized carbons (Fsp3) is 0.333. The van der Waals surface area contributed by atoms with Gasteiger partial charge in [-0.05, 0) is 0 Å². The number of carbonyl (C=O) groups excluding carboxylic acids is 2. The maximum atomic E-state index is 10.7. The lowest BCUT2D eigenvalue weighted by atomic mass is 10.7. The molecule has 76 valence electrons. The van der Waals surface area contributed by atoms with Gasteiger partial charge in [-0.2, -0.15) is 0 Å². The number of nitrogens with one attached hydrogen (secondary N) is 1. The summed E-state index contributed by atoms with van der Waals surface area (Å²) in [4.78, 5) is 37.5. The highest BCUT2D eigenvalue weighted by molar-refractivity contribution is 7.70. The zero-order valence-corrected chi connectivity index (χ0v) is 8.86. The average molecular weight is 270 g/mol. The maximum absolute atomic E-state index is 10.7. The van der Waals surface area contributed by atoms with E-state index in [9.17, 15) is 14.2 Å². The number of rotatable bonds is 1. The van der Waals surface area contributed by atoms with Gasteiger partial charge in [0.05, 0.1) is 0 Å². The molecule has 0 saturated carbocycles. The van der Waals surface area contributed by atoms with Crippen LogP contribution in [-0.4, -0.2) is 25.1 Å². The van der Waals surface area contributed by atoms with E-state index in [2.05, 4.69) is 0 Å². The zero-order chi connectivity index (χ0) is 10.9. The molecule has 0 unspecified atom stereocenters. The van der Waals surface area contributed by atoms with Crippen molar-refractivity contribution in [2.75, 3.05) is 0 Å². The van der Waals surface area contributed by atoms with Crippen LogP contribution < -0.4 is 5.32 Å². The molecule has 0 heterocycles. The van der Waals surface area contributed by atoms with Gasteiger partial charge in [-0.15, -0.1) is 0 Å². The Labute approximate surface area is 87.3 Å². The summed E-state index contributed by atoms with van der Waals surface area (Å²) in [6.07, 6.45) is 0. The minimum absolute atomic E-state index is 1.22. The Hall–Kier alpha value is 0.160. The number of halogens is 3. The first kappa shape index (κ1) is 13.2. The molecule has 0 aliphatic heterocycles. The van der Waals surface area contributed by atoms with Crippen LogP contribution in [0.3, 0.4) is 0 Å². The van der Waals surface area contributed by atoms with Crippen LogP contribution in [0.4, 0.5) is 4.79 Å². The Bertz CT molecular complexity index is 279. The predicted octanol–water partition coefficient (Wildman–Crippen LogP) is 0.770. The van der Waals surface area contributed by atoms with Gasteiger partial charge in [0, 0.05) is 0 Å². The van der Waals surface area contributed by atoms with Crippen molar-refractivity contribution in [3.63, 3.8) is 0 Å². The minimum Gasteiger partial charge on any atom is -0.318 e. The van der Waals surface area contributed by atoms with Crippen molar-refractivity contribution < 1.29 is 23.9 Å². The van der Waals surface area contributed by atoms with Crippen LogP contribution in [0.15, 0.2) is 0 Å². The van der Waals surface area contributed by atoms with E-state index in [1.54, 1.807) is 0 Å². The van der Waals surface area contributed by atoms with E-state index in [0.717, 1.165) is 0 Å². The van der Waals surface area contributed by atoms with Crippen molar-refractivity contribution in [3.05, 3.63) is 0 Å². The molecule has 10 heteroatoms. The van der Waals surface area contributed by atoms with E-state index in [1.165, 1.54) is 5.32 Å². The number of amides is 2. The largest absolute Gasteiger partial charge is 0.413 e. The van der Waals surface area contributed by atoms with Crippen LogP contribution >= 0.6 is 42.4 Å². The van der Waals surface area contributed by atoms with Crippen molar-refractivity contribution in [1.29, 1.82) is 0 Å². The number of carbonyl (C=O) groups is 2. The van der Waals surface area contributed by atoms with Gasteiger partial charge in [-0.25, -0.2) is 4.57 Å². The van der Waals surface area contributed by atoms with E-state index < -0.39 is 22.9 Å². The van der Waals surface area contributed by atoms with Crippen molar-refractivity contribution in [2.45, 2.75) is 3.79 Å². The monoisotopic (exact) mass is 269 g/mol. The summed E-state index contributed by atoms with van der Waals surface area (Å²) in [5.41, 5.74) is -1.82. The Morgan fingerprint density at radius 3 is 1.85 bits per heavy atom. The first-order valence-corrected chi connectivity index (χ1v) is 5.28. The van der Waals surface area contributed by atoms with Crippen molar-refractivity contribution in [1.82, 2.24) is 5.32 Å². The molecular weight excluding hydrogens is 267 g/mol. The van der Waals surface area contributed by atoms with Crippen LogP contribution in [0.1, 0.15) is 0 Å². The summed E-state index contributed by atoms with van der Waals surface area (Å²) in [6, 6.07) is 0. The molecule has 3 N–H and O–H groups in total. The molecule has 0 aromatic rings. The topological polar surface area (TPSA) is 104 Å². The first-order chi connectivity index (χ1) is 5.55. The van der Waals surface area contributed by atoms with E-state index in [4.69, 9.17) is 44.6 Å². The van der Waals surface area contributed by atoms with Crippen molar-refractivity contribution in [2.24, 2.45) is 0 Å². The van der Waals surface area contributed by atoms with Gasteiger partial charge in [0.15, 0.2) is 0 Å². The van der Waals surface area contributed by atoms with Gasteiger partial charge in [-0.1, -0.05) is 34.8 Å². The van der Waals surface area contributed by atoms with Gasteiger partial charge in [0.1, 0.15) is 0 Å². The summed E-state index contributed by atoms with van der Waals surface area (Å²) in [7, 11) is -5.03. The van der Waals surface area contributed by atoms with Crippen molar-refractivity contribution in [3.8, 4) is 0 Å². The molecule has 0 atom stereocenters. The van der Waals surface area contributed by atoms with Crippen LogP contribution in [-0.2, 0) is 9.36 Å². The molecule has 0 rings (SSSR count). The first-order valence-electron chi connectivity index (χ1n) is 2.53. The molecule has 0 fully saturated rings. The summed E-state index contributed by atoms with van der Waals surface area (Å²) in [6.45, 7) is 0. The lowest BCUT2D eigenvalue weighted by molar-refractivity contribution is -0.119. The number of imide groups is 1. The minimum atomic E-state index is -5.03. The molecular formula is C3H3Cl3NO5P. The number of alkyl halides is 3. The second-order valence-electron chi connectivity index (χ2n) is 1.80. The van der Waals surface area contributed by atoms with Gasteiger partial charge < -0.3 is 9.79 Å². The molecule has 0 aliphatic rings. The second kappa shape index (κ2) is 4.13. The zero-order valence-electron chi connectivity index (χ0n) is 5.70. The Kier molecular flexibility index (Phi) is 4.18. The molecule has 0 radical (unpaired) electrons. The van der Waals surface area contributed by atoms with Crippen LogP contribution in [0.2, 0.25) is 0 Å². The second-order valence-corrected chi connectivity index (χ2v) is 5.58. The summed E-state index contributed by atoms with van der Waals surface area (Å²) in [5.74, 6) is -1.43. The summed E-state index contributed by atoms with van der Waals surface area (Å²) in [5, 5.41) is 1.22. The van der Waals surface area contributed by atoms with Gasteiger partial charge >= 0.3 is 13.2 Å². The Morgan fingerprint density at radius 1 is 1.23 bits per heavy atom. The number of hydrogen-bond acceptors (Lipinski definition) is 3. The highest BCUT2D eigenvalue weighted by Gasteiger charge is 2.36. The molecule has 0 saturated heterocycles. The third-order valence-corrected chi connectivity index (χ3v) is 1.90. The fourth-order valence-corrected chi connectivity index (χ4v) is 0.630. The SMILES string of the molecule is O=C(NC(=O)P(=O)(O)O)C(Cl)(Cl)Cl. The molecule has 0 spiro atoms. The molecule has 0 aliphatic carbocycles. The summed E-state index contributed by atoms with van der Waals surface area (Å²) >= 11 is 15.0. The lowest BCUT2D eigenvalue weighted by Crippen LogP contribution is -2.37. The molecule has 13 heavy (non-hydrogen) atoms. The maximum Gasteiger partial charge on any atom is 0.413 e. The van der Waals surface area contributed by atoms with Crippen LogP contribution in [0, 0.1) is 0 Å². The van der Waals surface area contributed by atoms with Crippen LogP contribution in [0.5, 0.6) is 0 Å².